The van der Waals surface area contributed by atoms with Crippen LogP contribution in [0.2, 0.25) is 0 Å². The first-order chi connectivity index (χ1) is 9.29. The van der Waals surface area contributed by atoms with Crippen LogP contribution in [0.3, 0.4) is 0 Å². The molecule has 0 aliphatic heterocycles. The first-order valence-electron chi connectivity index (χ1n) is 6.78. The van der Waals surface area contributed by atoms with Gasteiger partial charge in [0.2, 0.25) is 11.8 Å². The zero-order chi connectivity index (χ0) is 15.2. The van der Waals surface area contributed by atoms with Gasteiger partial charge in [-0.2, -0.15) is 0 Å². The van der Waals surface area contributed by atoms with Crippen molar-refractivity contribution in [1.29, 1.82) is 0 Å². The second-order valence-corrected chi connectivity index (χ2v) is 5.95. The lowest BCUT2D eigenvalue weighted by Crippen LogP contribution is -2.41. The smallest absolute Gasteiger partial charge is 0.224 e. The molecule has 0 aliphatic carbocycles. The van der Waals surface area contributed by atoms with E-state index in [1.807, 2.05) is 6.92 Å². The van der Waals surface area contributed by atoms with Crippen LogP contribution in [-0.2, 0) is 9.59 Å². The van der Waals surface area contributed by atoms with E-state index in [2.05, 4.69) is 36.4 Å². The van der Waals surface area contributed by atoms with Crippen LogP contribution < -0.4 is 10.6 Å². The summed E-state index contributed by atoms with van der Waals surface area (Å²) in [4.78, 5) is 27.3. The number of nitrogens with one attached hydrogen (secondary N) is 2. The van der Waals surface area contributed by atoms with Gasteiger partial charge in [0.25, 0.3) is 0 Å². The minimum Gasteiger partial charge on any atom is -0.353 e. The maximum Gasteiger partial charge on any atom is 0.224 e. The van der Waals surface area contributed by atoms with Crippen LogP contribution in [0.25, 0.3) is 0 Å². The van der Waals surface area contributed by atoms with Crippen molar-refractivity contribution in [1.82, 2.24) is 10.3 Å². The van der Waals surface area contributed by atoms with E-state index < -0.39 is 0 Å². The number of aromatic nitrogens is 1. The van der Waals surface area contributed by atoms with Gasteiger partial charge in [-0.3, -0.25) is 14.6 Å². The highest BCUT2D eigenvalue weighted by Crippen LogP contribution is 2.18. The summed E-state index contributed by atoms with van der Waals surface area (Å²) in [6.45, 7) is 8.15. The first kappa shape index (κ1) is 16.1. The average molecular weight is 277 g/mol. The molecule has 0 fully saturated rings. The van der Waals surface area contributed by atoms with Crippen molar-refractivity contribution in [3.8, 4) is 0 Å². The molecule has 2 N–H and O–H groups in total. The molecular weight excluding hydrogens is 254 g/mol. The number of hydrogen-bond acceptors (Lipinski definition) is 3. The monoisotopic (exact) mass is 277 g/mol. The molecule has 1 atom stereocenters. The molecule has 1 aromatic heterocycles. The summed E-state index contributed by atoms with van der Waals surface area (Å²) in [5.74, 6) is -0.287. The molecule has 0 aromatic carbocycles. The average Bonchev–Trinajstić information content (AvgIpc) is 2.36. The van der Waals surface area contributed by atoms with Gasteiger partial charge < -0.3 is 10.6 Å². The van der Waals surface area contributed by atoms with Crippen molar-refractivity contribution in [3.05, 3.63) is 24.5 Å². The molecule has 110 valence electrons. The zero-order valence-electron chi connectivity index (χ0n) is 12.6. The molecule has 2 amide bonds. The Morgan fingerprint density at radius 2 is 1.90 bits per heavy atom. The van der Waals surface area contributed by atoms with Crippen molar-refractivity contribution >= 4 is 17.5 Å². The van der Waals surface area contributed by atoms with Crippen molar-refractivity contribution in [2.45, 2.75) is 46.6 Å². The van der Waals surface area contributed by atoms with Gasteiger partial charge in [0, 0.05) is 25.1 Å². The minimum absolute atomic E-state index is 0.00757. The predicted octanol–water partition coefficient (Wildman–Crippen LogP) is 2.35. The van der Waals surface area contributed by atoms with Crippen molar-refractivity contribution in [2.24, 2.45) is 5.41 Å². The van der Waals surface area contributed by atoms with E-state index in [1.165, 1.54) is 0 Å². The molecule has 0 saturated heterocycles. The molecule has 1 heterocycles. The molecule has 0 saturated carbocycles. The minimum atomic E-state index is -0.184. The molecular formula is C15H23N3O2. The molecule has 5 nitrogen and oxygen atoms in total. The van der Waals surface area contributed by atoms with Crippen LogP contribution in [0.4, 0.5) is 5.69 Å². The van der Waals surface area contributed by atoms with Crippen molar-refractivity contribution < 1.29 is 9.59 Å². The number of anilines is 1. The summed E-state index contributed by atoms with van der Waals surface area (Å²) in [5.41, 5.74) is 0.647. The molecule has 0 spiro atoms. The van der Waals surface area contributed by atoms with Gasteiger partial charge in [0.15, 0.2) is 0 Å². The van der Waals surface area contributed by atoms with Gasteiger partial charge in [-0.05, 0) is 24.5 Å². The molecule has 0 aliphatic rings. The summed E-state index contributed by atoms with van der Waals surface area (Å²) in [7, 11) is 0. The molecule has 0 bridgehead atoms. The number of amides is 2. The van der Waals surface area contributed by atoms with Gasteiger partial charge in [-0.15, -0.1) is 0 Å². The van der Waals surface area contributed by atoms with Gasteiger partial charge in [0.05, 0.1) is 11.9 Å². The number of nitrogens with zero attached hydrogens (tertiary/aromatic N) is 1. The highest BCUT2D eigenvalue weighted by Gasteiger charge is 2.21. The summed E-state index contributed by atoms with van der Waals surface area (Å²) < 4.78 is 0. The zero-order valence-corrected chi connectivity index (χ0v) is 12.6. The Labute approximate surface area is 120 Å². The second-order valence-electron chi connectivity index (χ2n) is 5.95. The van der Waals surface area contributed by atoms with Crippen LogP contribution in [0.5, 0.6) is 0 Å². The Hall–Kier alpha value is -1.91. The number of rotatable bonds is 5. The van der Waals surface area contributed by atoms with Crippen LogP contribution in [0.1, 0.15) is 40.5 Å². The standard InChI is InChI=1S/C15H23N3O2/c1-11(15(2,3)4)17-13(19)7-8-14(20)18-12-6-5-9-16-10-12/h5-6,9-11H,7-8H2,1-4H3,(H,17,19)(H,18,20). The largest absolute Gasteiger partial charge is 0.353 e. The maximum absolute atomic E-state index is 11.8. The van der Waals surface area contributed by atoms with Crippen LogP contribution >= 0.6 is 0 Å². The van der Waals surface area contributed by atoms with Gasteiger partial charge in [-0.1, -0.05) is 20.8 Å². The summed E-state index contributed by atoms with van der Waals surface area (Å²) in [6, 6.07) is 3.57. The second kappa shape index (κ2) is 7.03. The topological polar surface area (TPSA) is 71.1 Å². The fraction of sp³-hybridized carbons (Fsp3) is 0.533. The fourth-order valence-corrected chi connectivity index (χ4v) is 1.42. The lowest BCUT2D eigenvalue weighted by atomic mass is 9.88. The van der Waals surface area contributed by atoms with Gasteiger partial charge >= 0.3 is 0 Å². The van der Waals surface area contributed by atoms with Crippen LogP contribution in [0.15, 0.2) is 24.5 Å². The number of hydrogen-bond donors (Lipinski definition) is 2. The van der Waals surface area contributed by atoms with Crippen LogP contribution in [0, 0.1) is 5.41 Å². The predicted molar refractivity (Wildman–Crippen MR) is 79.2 cm³/mol. The van der Waals surface area contributed by atoms with E-state index in [4.69, 9.17) is 0 Å². The highest BCUT2D eigenvalue weighted by molar-refractivity contribution is 5.93. The number of carbonyl (C=O) groups is 2. The lowest BCUT2D eigenvalue weighted by Gasteiger charge is -2.28. The maximum atomic E-state index is 11.8. The van der Waals surface area contributed by atoms with Crippen LogP contribution in [-0.4, -0.2) is 22.8 Å². The molecule has 1 unspecified atom stereocenters. The molecule has 5 heteroatoms. The summed E-state index contributed by atoms with van der Waals surface area (Å²) in [6.07, 6.45) is 3.56. The summed E-state index contributed by atoms with van der Waals surface area (Å²) in [5, 5.41) is 5.61. The quantitative estimate of drug-likeness (QED) is 0.868. The normalized spacial score (nSPS) is 12.6. The Bertz CT molecular complexity index is 452. The molecule has 20 heavy (non-hydrogen) atoms. The third kappa shape index (κ3) is 5.82. The van der Waals surface area contributed by atoms with E-state index >= 15 is 0 Å². The highest BCUT2D eigenvalue weighted by atomic mass is 16.2. The van der Waals surface area contributed by atoms with E-state index in [9.17, 15) is 9.59 Å². The van der Waals surface area contributed by atoms with E-state index in [0.29, 0.717) is 5.69 Å². The Morgan fingerprint density at radius 1 is 1.25 bits per heavy atom. The van der Waals surface area contributed by atoms with E-state index in [1.54, 1.807) is 24.5 Å². The Morgan fingerprint density at radius 3 is 2.45 bits per heavy atom. The number of carbonyl (C=O) groups excluding carboxylic acids is 2. The molecule has 1 rings (SSSR count). The third-order valence-electron chi connectivity index (χ3n) is 3.20. The summed E-state index contributed by atoms with van der Waals surface area (Å²) >= 11 is 0. The van der Waals surface area contributed by atoms with Gasteiger partial charge in [0.1, 0.15) is 0 Å². The third-order valence-corrected chi connectivity index (χ3v) is 3.20. The fourth-order valence-electron chi connectivity index (χ4n) is 1.42. The molecule has 1 aromatic rings. The van der Waals surface area contributed by atoms with Gasteiger partial charge in [-0.25, -0.2) is 0 Å². The van der Waals surface area contributed by atoms with E-state index in [0.717, 1.165) is 0 Å². The Balaban J connectivity index is 2.33. The van der Waals surface area contributed by atoms with Crippen molar-refractivity contribution in [3.63, 3.8) is 0 Å². The lowest BCUT2D eigenvalue weighted by molar-refractivity contribution is -0.125. The SMILES string of the molecule is CC(NC(=O)CCC(=O)Nc1cccnc1)C(C)(C)C. The van der Waals surface area contributed by atoms with E-state index in [-0.39, 0.29) is 36.1 Å². The number of pyridine rings is 1. The van der Waals surface area contributed by atoms with Crippen molar-refractivity contribution in [2.75, 3.05) is 5.32 Å². The Kier molecular flexibility index (Phi) is 5.67. The first-order valence-corrected chi connectivity index (χ1v) is 6.78. The molecule has 0 radical (unpaired) electrons.